The molecule has 0 bridgehead atoms. The van der Waals surface area contributed by atoms with E-state index in [1.807, 2.05) is 0 Å². The van der Waals surface area contributed by atoms with Gasteiger partial charge in [-0.2, -0.15) is 36.1 Å². The van der Waals surface area contributed by atoms with Crippen LogP contribution in [0.15, 0.2) is 0 Å². The maximum absolute atomic E-state index is 12.2. The van der Waals surface area contributed by atoms with Crippen molar-refractivity contribution in [3.05, 3.63) is 0 Å². The Balaban J connectivity index is 3.80. The minimum Gasteiger partial charge on any atom is -0.213 e. The first-order valence-corrected chi connectivity index (χ1v) is 3.73. The summed E-state index contributed by atoms with van der Waals surface area (Å²) in [5, 5.41) is 0. The van der Waals surface area contributed by atoms with Crippen LogP contribution in [0.4, 0.5) is 35.1 Å². The molecule has 0 fully saturated rings. The van der Waals surface area contributed by atoms with Crippen LogP contribution in [0.3, 0.4) is 0 Å². The van der Waals surface area contributed by atoms with Crippen molar-refractivity contribution < 1.29 is 44.9 Å². The molecule has 16 heavy (non-hydrogen) atoms. The van der Waals surface area contributed by atoms with E-state index in [2.05, 4.69) is 9.78 Å². The molecule has 0 aromatic heterocycles. The van der Waals surface area contributed by atoms with E-state index >= 15 is 0 Å². The van der Waals surface area contributed by atoms with Crippen LogP contribution in [0.25, 0.3) is 0 Å². The Hall–Kier alpha value is -0.640. The van der Waals surface area contributed by atoms with Gasteiger partial charge in [-0.1, -0.05) is 0 Å². The van der Waals surface area contributed by atoms with Crippen LogP contribution >= 0.6 is 0 Å². The summed E-state index contributed by atoms with van der Waals surface area (Å²) < 4.78 is 93.1. The predicted octanol–water partition coefficient (Wildman–Crippen LogP) is 3.43. The molecule has 10 heteroatoms. The molecule has 2 atom stereocenters. The van der Waals surface area contributed by atoms with Crippen molar-refractivity contribution in [3.63, 3.8) is 0 Å². The molecule has 98 valence electrons. The third-order valence-corrected chi connectivity index (χ3v) is 1.05. The fourth-order valence-electron chi connectivity index (χ4n) is 0.553. The summed E-state index contributed by atoms with van der Waals surface area (Å²) in [6.07, 6.45) is -20.2. The Labute approximate surface area is 84.0 Å². The summed E-state index contributed by atoms with van der Waals surface area (Å²) in [7, 11) is 0. The molecule has 0 aliphatic rings. The van der Waals surface area contributed by atoms with Crippen LogP contribution in [0.5, 0.6) is 0 Å². The monoisotopic (exact) mass is 262 g/mol. The van der Waals surface area contributed by atoms with Crippen molar-refractivity contribution in [2.24, 2.45) is 0 Å². The van der Waals surface area contributed by atoms with E-state index in [1.54, 1.807) is 0 Å². The van der Waals surface area contributed by atoms with E-state index in [-0.39, 0.29) is 0 Å². The van der Waals surface area contributed by atoms with Gasteiger partial charge in [-0.15, -0.1) is 0 Å². The minimum absolute atomic E-state index is 2.11. The molecule has 0 heterocycles. The third-order valence-electron chi connectivity index (χ3n) is 1.05. The summed E-state index contributed by atoms with van der Waals surface area (Å²) in [5.74, 6) is 0. The summed E-state index contributed by atoms with van der Waals surface area (Å²) in [6.45, 7) is 0. The van der Waals surface area contributed by atoms with E-state index in [0.717, 1.165) is 0 Å². The standard InChI is InChI=1S/C6H6F8O2/c7-3(1-5(9,10)11)15-16-4(8)2-6(12,13)14/h3-4H,1-2H2. The van der Waals surface area contributed by atoms with Gasteiger partial charge in [0.2, 0.25) is 12.7 Å². The zero-order valence-corrected chi connectivity index (χ0v) is 7.41. The largest absolute Gasteiger partial charge is 0.394 e. The number of alkyl halides is 8. The minimum atomic E-state index is -4.93. The van der Waals surface area contributed by atoms with Gasteiger partial charge in [0.15, 0.2) is 0 Å². The van der Waals surface area contributed by atoms with Gasteiger partial charge in [0.25, 0.3) is 0 Å². The molecule has 0 radical (unpaired) electrons. The average Bonchev–Trinajstić information content (AvgIpc) is 1.94. The number of halogens is 8. The second-order valence-electron chi connectivity index (χ2n) is 2.65. The molecule has 0 amide bonds. The van der Waals surface area contributed by atoms with E-state index in [0.29, 0.717) is 0 Å². The van der Waals surface area contributed by atoms with Crippen LogP contribution in [-0.2, 0) is 9.78 Å². The highest BCUT2D eigenvalue weighted by atomic mass is 19.4. The summed E-state index contributed by atoms with van der Waals surface area (Å²) in [6, 6.07) is 0. The first kappa shape index (κ1) is 15.4. The van der Waals surface area contributed by atoms with Gasteiger partial charge in [-0.3, -0.25) is 0 Å². The smallest absolute Gasteiger partial charge is 0.213 e. The van der Waals surface area contributed by atoms with E-state index in [9.17, 15) is 35.1 Å². The van der Waals surface area contributed by atoms with Gasteiger partial charge in [-0.05, 0) is 0 Å². The van der Waals surface area contributed by atoms with Crippen molar-refractivity contribution in [2.45, 2.75) is 37.9 Å². The number of rotatable bonds is 5. The molecule has 0 N–H and O–H groups in total. The summed E-state index contributed by atoms with van der Waals surface area (Å²) in [4.78, 5) is 6.33. The van der Waals surface area contributed by atoms with Gasteiger partial charge in [-0.25, -0.2) is 8.78 Å². The topological polar surface area (TPSA) is 18.5 Å². The van der Waals surface area contributed by atoms with Crippen molar-refractivity contribution in [1.82, 2.24) is 0 Å². The highest BCUT2D eigenvalue weighted by Crippen LogP contribution is 2.26. The zero-order valence-electron chi connectivity index (χ0n) is 7.41. The maximum atomic E-state index is 12.2. The lowest BCUT2D eigenvalue weighted by atomic mass is 10.4. The Morgan fingerprint density at radius 3 is 1.12 bits per heavy atom. The van der Waals surface area contributed by atoms with Crippen LogP contribution in [-0.4, -0.2) is 25.1 Å². The lowest BCUT2D eigenvalue weighted by Crippen LogP contribution is -2.23. The van der Waals surface area contributed by atoms with Crippen LogP contribution in [0, 0.1) is 0 Å². The quantitative estimate of drug-likeness (QED) is 0.429. The lowest BCUT2D eigenvalue weighted by Gasteiger charge is -2.14. The van der Waals surface area contributed by atoms with Crippen molar-refractivity contribution in [2.75, 3.05) is 0 Å². The average molecular weight is 262 g/mol. The molecular weight excluding hydrogens is 256 g/mol. The van der Waals surface area contributed by atoms with Gasteiger partial charge >= 0.3 is 12.4 Å². The number of hydrogen-bond donors (Lipinski definition) is 0. The Morgan fingerprint density at radius 2 is 0.938 bits per heavy atom. The molecule has 0 aliphatic carbocycles. The van der Waals surface area contributed by atoms with Gasteiger partial charge < -0.3 is 0 Å². The highest BCUT2D eigenvalue weighted by molar-refractivity contribution is 4.53. The molecule has 0 rings (SSSR count). The fourth-order valence-corrected chi connectivity index (χ4v) is 0.553. The first-order valence-electron chi connectivity index (χ1n) is 3.73. The zero-order chi connectivity index (χ0) is 13.0. The van der Waals surface area contributed by atoms with E-state index in [1.165, 1.54) is 0 Å². The molecular formula is C6H6F8O2. The van der Waals surface area contributed by atoms with Crippen molar-refractivity contribution in [1.29, 1.82) is 0 Å². The predicted molar refractivity (Wildman–Crippen MR) is 33.3 cm³/mol. The molecule has 0 saturated heterocycles. The molecule has 0 aliphatic heterocycles. The normalized spacial score (nSPS) is 17.2. The lowest BCUT2D eigenvalue weighted by molar-refractivity contribution is -0.413. The second-order valence-corrected chi connectivity index (χ2v) is 2.65. The molecule has 0 aromatic rings. The SMILES string of the molecule is FC(CC(F)(F)F)OOC(F)CC(F)(F)F. The Morgan fingerprint density at radius 1 is 0.688 bits per heavy atom. The van der Waals surface area contributed by atoms with Crippen LogP contribution in [0.2, 0.25) is 0 Å². The van der Waals surface area contributed by atoms with Crippen LogP contribution < -0.4 is 0 Å². The van der Waals surface area contributed by atoms with Gasteiger partial charge in [0.1, 0.15) is 12.8 Å². The Bertz CT molecular complexity index is 178. The van der Waals surface area contributed by atoms with Gasteiger partial charge in [0.05, 0.1) is 0 Å². The molecule has 2 unspecified atom stereocenters. The second kappa shape index (κ2) is 5.62. The van der Waals surface area contributed by atoms with Crippen molar-refractivity contribution in [3.8, 4) is 0 Å². The fraction of sp³-hybridized carbons (Fsp3) is 1.00. The highest BCUT2D eigenvalue weighted by Gasteiger charge is 2.36. The summed E-state index contributed by atoms with van der Waals surface area (Å²) >= 11 is 0. The Kier molecular flexibility index (Phi) is 5.39. The number of hydrogen-bond acceptors (Lipinski definition) is 2. The van der Waals surface area contributed by atoms with E-state index in [4.69, 9.17) is 0 Å². The molecule has 0 saturated carbocycles. The molecule has 2 nitrogen and oxygen atoms in total. The van der Waals surface area contributed by atoms with E-state index < -0.39 is 37.9 Å². The summed E-state index contributed by atoms with van der Waals surface area (Å²) in [5.41, 5.74) is 0. The third kappa shape index (κ3) is 9.90. The van der Waals surface area contributed by atoms with Crippen molar-refractivity contribution >= 4 is 0 Å². The van der Waals surface area contributed by atoms with Gasteiger partial charge in [0, 0.05) is 0 Å². The molecule has 0 aromatic carbocycles. The molecule has 0 spiro atoms. The first-order chi connectivity index (χ1) is 6.99. The van der Waals surface area contributed by atoms with Crippen LogP contribution in [0.1, 0.15) is 12.8 Å². The maximum Gasteiger partial charge on any atom is 0.394 e.